The summed E-state index contributed by atoms with van der Waals surface area (Å²) in [6, 6.07) is 15.4. The molecule has 29 heavy (non-hydrogen) atoms. The van der Waals surface area contributed by atoms with Gasteiger partial charge < -0.3 is 9.73 Å². The van der Waals surface area contributed by atoms with Crippen LogP contribution >= 0.6 is 23.2 Å². The number of carbonyl (C=O) groups is 1. The molecule has 0 saturated carbocycles. The van der Waals surface area contributed by atoms with Crippen molar-refractivity contribution in [2.24, 2.45) is 0 Å². The van der Waals surface area contributed by atoms with Gasteiger partial charge in [0.15, 0.2) is 0 Å². The van der Waals surface area contributed by atoms with Crippen molar-refractivity contribution in [3.8, 4) is 17.4 Å². The van der Waals surface area contributed by atoms with Crippen LogP contribution < -0.4 is 5.32 Å². The molecule has 144 valence electrons. The van der Waals surface area contributed by atoms with Crippen molar-refractivity contribution in [2.45, 2.75) is 0 Å². The molecule has 0 aliphatic heterocycles. The topological polar surface area (TPSA) is 109 Å². The molecule has 7 nitrogen and oxygen atoms in total. The van der Waals surface area contributed by atoms with Crippen LogP contribution in [0.4, 0.5) is 11.4 Å². The second-order valence-corrected chi connectivity index (χ2v) is 6.60. The van der Waals surface area contributed by atoms with Gasteiger partial charge in [-0.25, -0.2) is 0 Å². The predicted octanol–water partition coefficient (Wildman–Crippen LogP) is 5.71. The lowest BCUT2D eigenvalue weighted by Crippen LogP contribution is -2.13. The van der Waals surface area contributed by atoms with Crippen molar-refractivity contribution in [2.75, 3.05) is 5.32 Å². The van der Waals surface area contributed by atoms with Crippen molar-refractivity contribution in [1.82, 2.24) is 0 Å². The van der Waals surface area contributed by atoms with E-state index in [-0.39, 0.29) is 27.7 Å². The summed E-state index contributed by atoms with van der Waals surface area (Å²) in [4.78, 5) is 22.6. The summed E-state index contributed by atoms with van der Waals surface area (Å²) in [5.74, 6) is 0.0222. The number of amides is 1. The number of non-ortho nitro benzene ring substituents is 1. The number of rotatable bonds is 5. The lowest BCUT2D eigenvalue weighted by Gasteiger charge is -2.06. The Bertz CT molecular complexity index is 1160. The highest BCUT2D eigenvalue weighted by Crippen LogP contribution is 2.27. The van der Waals surface area contributed by atoms with Crippen molar-refractivity contribution in [3.05, 3.63) is 86.1 Å². The lowest BCUT2D eigenvalue weighted by molar-refractivity contribution is -0.384. The van der Waals surface area contributed by atoms with E-state index in [1.807, 2.05) is 6.07 Å². The molecular formula is C20H11Cl2N3O4. The maximum atomic E-state index is 12.4. The zero-order valence-corrected chi connectivity index (χ0v) is 16.1. The zero-order valence-electron chi connectivity index (χ0n) is 14.6. The highest BCUT2D eigenvalue weighted by molar-refractivity contribution is 6.36. The molecule has 0 atom stereocenters. The van der Waals surface area contributed by atoms with Crippen LogP contribution in [-0.2, 0) is 4.79 Å². The van der Waals surface area contributed by atoms with Crippen LogP contribution in [0.5, 0.6) is 0 Å². The molecule has 0 aliphatic rings. The van der Waals surface area contributed by atoms with Gasteiger partial charge in [-0.2, -0.15) is 5.26 Å². The Kier molecular flexibility index (Phi) is 5.98. The van der Waals surface area contributed by atoms with Gasteiger partial charge in [-0.05, 0) is 42.5 Å². The molecule has 1 N–H and O–H groups in total. The molecule has 1 amide bonds. The minimum atomic E-state index is -0.676. The van der Waals surface area contributed by atoms with Crippen LogP contribution in [0, 0.1) is 21.4 Å². The summed E-state index contributed by atoms with van der Waals surface area (Å²) in [6.07, 6.45) is 1.28. The fraction of sp³-hybridized carbons (Fsp3) is 0. The van der Waals surface area contributed by atoms with E-state index in [0.29, 0.717) is 16.3 Å². The summed E-state index contributed by atoms with van der Waals surface area (Å²) in [7, 11) is 0. The van der Waals surface area contributed by atoms with E-state index in [1.54, 1.807) is 30.3 Å². The zero-order chi connectivity index (χ0) is 21.0. The van der Waals surface area contributed by atoms with Gasteiger partial charge in [0.2, 0.25) is 0 Å². The van der Waals surface area contributed by atoms with Gasteiger partial charge in [-0.15, -0.1) is 0 Å². The van der Waals surface area contributed by atoms with Crippen LogP contribution in [0.25, 0.3) is 17.4 Å². The first kappa shape index (κ1) is 20.1. The molecule has 3 aromatic rings. The number of nitrogens with one attached hydrogen (secondary N) is 1. The van der Waals surface area contributed by atoms with Crippen molar-refractivity contribution < 1.29 is 14.1 Å². The highest BCUT2D eigenvalue weighted by Gasteiger charge is 2.14. The average molecular weight is 428 g/mol. The number of nitriles is 1. The van der Waals surface area contributed by atoms with E-state index in [2.05, 4.69) is 5.32 Å². The molecule has 0 unspecified atom stereocenters. The van der Waals surface area contributed by atoms with E-state index in [0.717, 1.165) is 0 Å². The molecule has 0 bridgehead atoms. The Morgan fingerprint density at radius 1 is 1.14 bits per heavy atom. The Hall–Kier alpha value is -3.60. The van der Waals surface area contributed by atoms with Crippen LogP contribution in [0.2, 0.25) is 10.0 Å². The van der Waals surface area contributed by atoms with Crippen molar-refractivity contribution >= 4 is 46.6 Å². The quantitative estimate of drug-likeness (QED) is 0.242. The SMILES string of the molecule is N#C/C(=C\c1ccc(-c2ccc([N+](=O)[O-])cc2)o1)C(=O)Nc1cc(Cl)ccc1Cl. The number of nitro benzene ring substituents is 1. The number of halogens is 2. The summed E-state index contributed by atoms with van der Waals surface area (Å²) in [5, 5.41) is 23.2. The number of furan rings is 1. The summed E-state index contributed by atoms with van der Waals surface area (Å²) >= 11 is 11.9. The van der Waals surface area contributed by atoms with E-state index in [1.165, 1.54) is 30.3 Å². The lowest BCUT2D eigenvalue weighted by atomic mass is 10.1. The first-order valence-electron chi connectivity index (χ1n) is 8.10. The molecule has 2 aromatic carbocycles. The minimum Gasteiger partial charge on any atom is -0.457 e. The number of benzene rings is 2. The molecule has 1 heterocycles. The molecule has 3 rings (SSSR count). The number of nitro groups is 1. The van der Waals surface area contributed by atoms with Gasteiger partial charge >= 0.3 is 0 Å². The van der Waals surface area contributed by atoms with Gasteiger partial charge in [0.05, 0.1) is 15.6 Å². The van der Waals surface area contributed by atoms with Gasteiger partial charge in [0.25, 0.3) is 11.6 Å². The third kappa shape index (κ3) is 4.82. The molecule has 0 fully saturated rings. The van der Waals surface area contributed by atoms with Crippen LogP contribution in [-0.4, -0.2) is 10.8 Å². The maximum absolute atomic E-state index is 12.4. The number of anilines is 1. The van der Waals surface area contributed by atoms with E-state index >= 15 is 0 Å². The number of hydrogen-bond acceptors (Lipinski definition) is 5. The Balaban J connectivity index is 1.81. The third-order valence-corrected chi connectivity index (χ3v) is 4.38. The Labute approximate surface area is 174 Å². The minimum absolute atomic E-state index is 0.0384. The molecule has 1 aromatic heterocycles. The number of nitrogens with zero attached hydrogens (tertiary/aromatic N) is 2. The summed E-state index contributed by atoms with van der Waals surface area (Å²) in [5.41, 5.74) is 0.648. The molecule has 0 spiro atoms. The molecule has 0 saturated heterocycles. The van der Waals surface area contributed by atoms with Crippen LogP contribution in [0.15, 0.2) is 64.6 Å². The number of hydrogen-bond donors (Lipinski definition) is 1. The van der Waals surface area contributed by atoms with Crippen molar-refractivity contribution in [3.63, 3.8) is 0 Å². The van der Waals surface area contributed by atoms with Gasteiger partial charge in [-0.1, -0.05) is 23.2 Å². The van der Waals surface area contributed by atoms with Gasteiger partial charge in [0, 0.05) is 28.8 Å². The fourth-order valence-corrected chi connectivity index (χ4v) is 2.74. The van der Waals surface area contributed by atoms with Gasteiger partial charge in [-0.3, -0.25) is 14.9 Å². The second kappa shape index (κ2) is 8.61. The Morgan fingerprint density at radius 2 is 1.86 bits per heavy atom. The number of carbonyl (C=O) groups excluding carboxylic acids is 1. The molecule has 9 heteroatoms. The highest BCUT2D eigenvalue weighted by atomic mass is 35.5. The largest absolute Gasteiger partial charge is 0.457 e. The van der Waals surface area contributed by atoms with E-state index in [9.17, 15) is 20.2 Å². The van der Waals surface area contributed by atoms with E-state index in [4.69, 9.17) is 27.6 Å². The monoisotopic (exact) mass is 427 g/mol. The van der Waals surface area contributed by atoms with Crippen molar-refractivity contribution in [1.29, 1.82) is 5.26 Å². The molecule has 0 radical (unpaired) electrons. The maximum Gasteiger partial charge on any atom is 0.269 e. The van der Waals surface area contributed by atoms with Crippen LogP contribution in [0.1, 0.15) is 5.76 Å². The second-order valence-electron chi connectivity index (χ2n) is 5.75. The first-order valence-corrected chi connectivity index (χ1v) is 8.86. The summed E-state index contributed by atoms with van der Waals surface area (Å²) in [6.45, 7) is 0. The average Bonchev–Trinajstić information content (AvgIpc) is 3.17. The van der Waals surface area contributed by atoms with E-state index < -0.39 is 10.8 Å². The first-order chi connectivity index (χ1) is 13.9. The summed E-state index contributed by atoms with van der Waals surface area (Å²) < 4.78 is 5.62. The smallest absolute Gasteiger partial charge is 0.269 e. The molecule has 0 aliphatic carbocycles. The standard InChI is InChI=1S/C20H11Cl2N3O4/c21-14-3-7-17(22)18(10-14)24-20(26)13(11-23)9-16-6-8-19(29-16)12-1-4-15(5-2-12)25(27)28/h1-10H,(H,24,26)/b13-9+. The normalized spacial score (nSPS) is 11.0. The van der Waals surface area contributed by atoms with Crippen LogP contribution in [0.3, 0.4) is 0 Å². The molecular weight excluding hydrogens is 417 g/mol. The predicted molar refractivity (Wildman–Crippen MR) is 109 cm³/mol. The third-order valence-electron chi connectivity index (χ3n) is 3.82. The fourth-order valence-electron chi connectivity index (χ4n) is 2.41. The Morgan fingerprint density at radius 3 is 2.52 bits per heavy atom. The van der Waals surface area contributed by atoms with Gasteiger partial charge in [0.1, 0.15) is 23.2 Å².